The van der Waals surface area contributed by atoms with E-state index in [1.165, 1.54) is 17.7 Å². The van der Waals surface area contributed by atoms with Crippen LogP contribution in [0.1, 0.15) is 11.6 Å². The van der Waals surface area contributed by atoms with Crippen LogP contribution in [0.5, 0.6) is 0 Å². The van der Waals surface area contributed by atoms with Crippen LogP contribution in [0.15, 0.2) is 54.6 Å². The van der Waals surface area contributed by atoms with Crippen molar-refractivity contribution in [2.45, 2.75) is 6.04 Å². The molecule has 0 aliphatic carbocycles. The van der Waals surface area contributed by atoms with Gasteiger partial charge in [0.1, 0.15) is 5.82 Å². The fourth-order valence-corrected chi connectivity index (χ4v) is 2.92. The largest absolute Gasteiger partial charge is 0.369 e. The molecule has 2 N–H and O–H groups in total. The van der Waals surface area contributed by atoms with Gasteiger partial charge >= 0.3 is 0 Å². The number of hydrogen-bond donors (Lipinski definition) is 1. The van der Waals surface area contributed by atoms with Gasteiger partial charge in [0, 0.05) is 44.5 Å². The molecule has 2 aromatic carbocycles. The maximum atomic E-state index is 13.0. The summed E-state index contributed by atoms with van der Waals surface area (Å²) in [7, 11) is 0. The van der Waals surface area contributed by atoms with Crippen LogP contribution in [0.2, 0.25) is 0 Å². The highest BCUT2D eigenvalue weighted by atomic mass is 19.1. The van der Waals surface area contributed by atoms with E-state index in [9.17, 15) is 4.39 Å². The molecule has 3 nitrogen and oxygen atoms in total. The molecule has 0 spiro atoms. The fourth-order valence-electron chi connectivity index (χ4n) is 2.92. The average Bonchev–Trinajstić information content (AvgIpc) is 2.57. The van der Waals surface area contributed by atoms with E-state index in [0.717, 1.165) is 38.4 Å². The van der Waals surface area contributed by atoms with Crippen LogP contribution in [0, 0.1) is 5.82 Å². The SMILES string of the molecule is N[C@H](CN1CCN(c2ccc(F)cc2)CC1)c1ccccc1. The van der Waals surface area contributed by atoms with E-state index >= 15 is 0 Å². The summed E-state index contributed by atoms with van der Waals surface area (Å²) in [5.41, 5.74) is 8.57. The molecule has 22 heavy (non-hydrogen) atoms. The Kier molecular flexibility index (Phi) is 4.71. The number of nitrogens with two attached hydrogens (primary N) is 1. The van der Waals surface area contributed by atoms with Gasteiger partial charge in [0.25, 0.3) is 0 Å². The number of rotatable bonds is 4. The highest BCUT2D eigenvalue weighted by molar-refractivity contribution is 5.46. The summed E-state index contributed by atoms with van der Waals surface area (Å²) in [6.45, 7) is 4.75. The number of halogens is 1. The zero-order valence-corrected chi connectivity index (χ0v) is 12.7. The summed E-state index contributed by atoms with van der Waals surface area (Å²) in [5.74, 6) is -0.184. The van der Waals surface area contributed by atoms with Crippen LogP contribution in [0.4, 0.5) is 10.1 Å². The van der Waals surface area contributed by atoms with E-state index in [1.807, 2.05) is 30.3 Å². The number of nitrogens with zero attached hydrogens (tertiary/aromatic N) is 2. The Morgan fingerprint density at radius 2 is 1.55 bits per heavy atom. The van der Waals surface area contributed by atoms with Crippen molar-refractivity contribution in [1.82, 2.24) is 4.90 Å². The highest BCUT2D eigenvalue weighted by Gasteiger charge is 2.19. The van der Waals surface area contributed by atoms with Gasteiger partial charge in [0.05, 0.1) is 0 Å². The lowest BCUT2D eigenvalue weighted by Crippen LogP contribution is -2.48. The first kappa shape index (κ1) is 15.0. The van der Waals surface area contributed by atoms with E-state index in [2.05, 4.69) is 21.9 Å². The summed E-state index contributed by atoms with van der Waals surface area (Å²) in [6.07, 6.45) is 0. The summed E-state index contributed by atoms with van der Waals surface area (Å²) in [5, 5.41) is 0. The second-order valence-corrected chi connectivity index (χ2v) is 5.78. The molecule has 1 saturated heterocycles. The fraction of sp³-hybridized carbons (Fsp3) is 0.333. The Morgan fingerprint density at radius 1 is 0.909 bits per heavy atom. The van der Waals surface area contributed by atoms with Crippen molar-refractivity contribution in [3.8, 4) is 0 Å². The lowest BCUT2D eigenvalue weighted by molar-refractivity contribution is 0.243. The molecule has 0 radical (unpaired) electrons. The average molecular weight is 299 g/mol. The first-order chi connectivity index (χ1) is 10.7. The number of piperazine rings is 1. The van der Waals surface area contributed by atoms with Crippen LogP contribution in [-0.4, -0.2) is 37.6 Å². The molecule has 0 amide bonds. The van der Waals surface area contributed by atoms with Gasteiger partial charge in [-0.15, -0.1) is 0 Å². The van der Waals surface area contributed by atoms with Crippen LogP contribution in [0.3, 0.4) is 0 Å². The van der Waals surface area contributed by atoms with E-state index in [4.69, 9.17) is 5.73 Å². The third-order valence-electron chi connectivity index (χ3n) is 4.25. The van der Waals surface area contributed by atoms with Crippen molar-refractivity contribution < 1.29 is 4.39 Å². The van der Waals surface area contributed by atoms with Crippen LogP contribution in [0.25, 0.3) is 0 Å². The van der Waals surface area contributed by atoms with E-state index < -0.39 is 0 Å². The molecule has 0 unspecified atom stereocenters. The van der Waals surface area contributed by atoms with Gasteiger partial charge in [-0.2, -0.15) is 0 Å². The number of benzene rings is 2. The van der Waals surface area contributed by atoms with Crippen molar-refractivity contribution in [3.63, 3.8) is 0 Å². The molecule has 1 fully saturated rings. The highest BCUT2D eigenvalue weighted by Crippen LogP contribution is 2.18. The molecule has 3 rings (SSSR count). The quantitative estimate of drug-likeness (QED) is 0.942. The second kappa shape index (κ2) is 6.90. The Bertz CT molecular complexity index is 577. The predicted molar refractivity (Wildman–Crippen MR) is 88.4 cm³/mol. The van der Waals surface area contributed by atoms with Gasteiger partial charge in [-0.1, -0.05) is 30.3 Å². The van der Waals surface area contributed by atoms with Gasteiger partial charge in [-0.3, -0.25) is 4.90 Å². The molecule has 0 saturated carbocycles. The van der Waals surface area contributed by atoms with E-state index in [0.29, 0.717) is 0 Å². The van der Waals surface area contributed by atoms with Crippen molar-refractivity contribution in [1.29, 1.82) is 0 Å². The minimum Gasteiger partial charge on any atom is -0.369 e. The number of hydrogen-bond acceptors (Lipinski definition) is 3. The topological polar surface area (TPSA) is 32.5 Å². The Balaban J connectivity index is 1.52. The normalized spacial score (nSPS) is 17.5. The molecular formula is C18H22FN3. The Morgan fingerprint density at radius 3 is 2.18 bits per heavy atom. The van der Waals surface area contributed by atoms with Crippen LogP contribution in [-0.2, 0) is 0 Å². The monoisotopic (exact) mass is 299 g/mol. The molecule has 1 heterocycles. The van der Waals surface area contributed by atoms with Crippen LogP contribution < -0.4 is 10.6 Å². The zero-order valence-electron chi connectivity index (χ0n) is 12.7. The molecule has 116 valence electrons. The van der Waals surface area contributed by atoms with Crippen molar-refractivity contribution in [2.75, 3.05) is 37.6 Å². The van der Waals surface area contributed by atoms with Gasteiger partial charge in [-0.05, 0) is 29.8 Å². The first-order valence-electron chi connectivity index (χ1n) is 7.76. The summed E-state index contributed by atoms with van der Waals surface area (Å²) in [6, 6.07) is 17.0. The number of anilines is 1. The van der Waals surface area contributed by atoms with Gasteiger partial charge in [0.2, 0.25) is 0 Å². The molecule has 0 bridgehead atoms. The van der Waals surface area contributed by atoms with Crippen LogP contribution >= 0.6 is 0 Å². The standard InChI is InChI=1S/C18H22FN3/c19-16-6-8-17(9-7-16)22-12-10-21(11-13-22)14-18(20)15-4-2-1-3-5-15/h1-9,18H,10-14,20H2/t18-/m1/s1. The van der Waals surface area contributed by atoms with Crippen molar-refractivity contribution in [2.24, 2.45) is 5.73 Å². The molecule has 2 aromatic rings. The maximum absolute atomic E-state index is 13.0. The molecule has 4 heteroatoms. The maximum Gasteiger partial charge on any atom is 0.123 e. The molecule has 1 aliphatic rings. The lowest BCUT2D eigenvalue weighted by atomic mass is 10.1. The van der Waals surface area contributed by atoms with E-state index in [-0.39, 0.29) is 11.9 Å². The van der Waals surface area contributed by atoms with Crippen molar-refractivity contribution in [3.05, 3.63) is 66.0 Å². The first-order valence-corrected chi connectivity index (χ1v) is 7.76. The van der Waals surface area contributed by atoms with Gasteiger partial charge in [-0.25, -0.2) is 4.39 Å². The van der Waals surface area contributed by atoms with E-state index in [1.54, 1.807) is 0 Å². The summed E-state index contributed by atoms with van der Waals surface area (Å²) >= 11 is 0. The molecule has 1 atom stereocenters. The van der Waals surface area contributed by atoms with Gasteiger partial charge in [0.15, 0.2) is 0 Å². The molecular weight excluding hydrogens is 277 g/mol. The third kappa shape index (κ3) is 3.64. The second-order valence-electron chi connectivity index (χ2n) is 5.78. The smallest absolute Gasteiger partial charge is 0.123 e. The summed E-state index contributed by atoms with van der Waals surface area (Å²) < 4.78 is 13.0. The van der Waals surface area contributed by atoms with Gasteiger partial charge < -0.3 is 10.6 Å². The summed E-state index contributed by atoms with van der Waals surface area (Å²) in [4.78, 5) is 4.70. The molecule has 0 aromatic heterocycles. The minimum absolute atomic E-state index is 0.0542. The predicted octanol–water partition coefficient (Wildman–Crippen LogP) is 2.65. The third-order valence-corrected chi connectivity index (χ3v) is 4.25. The zero-order chi connectivity index (χ0) is 15.4. The Hall–Kier alpha value is -1.91. The molecule has 1 aliphatic heterocycles. The Labute approximate surface area is 131 Å². The minimum atomic E-state index is -0.184. The lowest BCUT2D eigenvalue weighted by Gasteiger charge is -2.37. The van der Waals surface area contributed by atoms with Crippen molar-refractivity contribution >= 4 is 5.69 Å².